The van der Waals surface area contributed by atoms with Crippen molar-refractivity contribution in [1.29, 1.82) is 0 Å². The second-order valence-electron chi connectivity index (χ2n) is 9.23. The molecule has 0 spiro atoms. The standard InChI is InChI=1S/C31H20BrClFN3O2/c32-21-10-6-18(7-11-21)27-17-26(36-37(27)31(39)20-8-13-23(34)14-9-20)29-28(19-4-2-1-3-5-19)24-16-22(33)12-15-25(24)35-30(29)38/h1-16,27H,17H2,(H,35,38). The minimum absolute atomic E-state index is 0.297. The first-order valence-electron chi connectivity index (χ1n) is 12.2. The molecule has 0 saturated carbocycles. The Bertz CT molecular complexity index is 1800. The first-order valence-corrected chi connectivity index (χ1v) is 13.4. The molecule has 5 nitrogen and oxygen atoms in total. The average molecular weight is 601 g/mol. The van der Waals surface area contributed by atoms with Gasteiger partial charge < -0.3 is 4.98 Å². The van der Waals surface area contributed by atoms with Crippen LogP contribution in [0, 0.1) is 5.82 Å². The lowest BCUT2D eigenvalue weighted by atomic mass is 9.91. The molecule has 6 rings (SSSR count). The Labute approximate surface area is 236 Å². The number of hydrazone groups is 1. The molecule has 1 unspecified atom stereocenters. The van der Waals surface area contributed by atoms with E-state index in [-0.39, 0.29) is 11.5 Å². The minimum Gasteiger partial charge on any atom is -0.321 e. The molecule has 5 aromatic rings. The van der Waals surface area contributed by atoms with Gasteiger partial charge >= 0.3 is 0 Å². The van der Waals surface area contributed by atoms with Gasteiger partial charge in [0, 0.05) is 37.9 Å². The van der Waals surface area contributed by atoms with Gasteiger partial charge in [0.05, 0.1) is 17.3 Å². The molecule has 1 aromatic heterocycles. The first kappa shape index (κ1) is 25.2. The number of nitrogens with zero attached hydrogens (tertiary/aromatic N) is 2. The van der Waals surface area contributed by atoms with Crippen LogP contribution in [0.3, 0.4) is 0 Å². The summed E-state index contributed by atoms with van der Waals surface area (Å²) >= 11 is 9.85. The molecule has 4 aromatic carbocycles. The second-order valence-corrected chi connectivity index (χ2v) is 10.6. The van der Waals surface area contributed by atoms with Crippen molar-refractivity contribution in [2.45, 2.75) is 12.5 Å². The maximum absolute atomic E-state index is 13.7. The summed E-state index contributed by atoms with van der Waals surface area (Å²) in [6, 6.07) is 27.4. The fourth-order valence-corrected chi connectivity index (χ4v) is 5.40. The van der Waals surface area contributed by atoms with Gasteiger partial charge in [0.25, 0.3) is 11.5 Å². The number of aromatic amines is 1. The van der Waals surface area contributed by atoms with E-state index in [1.54, 1.807) is 12.1 Å². The van der Waals surface area contributed by atoms with Crippen LogP contribution in [0.5, 0.6) is 0 Å². The van der Waals surface area contributed by atoms with E-state index in [0.717, 1.165) is 21.0 Å². The van der Waals surface area contributed by atoms with Gasteiger partial charge in [-0.2, -0.15) is 5.10 Å². The number of benzene rings is 4. The highest BCUT2D eigenvalue weighted by Crippen LogP contribution is 2.38. The van der Waals surface area contributed by atoms with Crippen LogP contribution in [0.4, 0.5) is 4.39 Å². The van der Waals surface area contributed by atoms with Gasteiger partial charge in [0.15, 0.2) is 0 Å². The lowest BCUT2D eigenvalue weighted by molar-refractivity contribution is 0.0711. The van der Waals surface area contributed by atoms with Crippen molar-refractivity contribution in [3.63, 3.8) is 0 Å². The number of aromatic nitrogens is 1. The maximum Gasteiger partial charge on any atom is 0.274 e. The number of carbonyl (C=O) groups is 1. The Morgan fingerprint density at radius 3 is 2.38 bits per heavy atom. The van der Waals surface area contributed by atoms with Gasteiger partial charge in [-0.3, -0.25) is 9.59 Å². The molecule has 0 saturated heterocycles. The molecule has 1 atom stereocenters. The van der Waals surface area contributed by atoms with Gasteiger partial charge in [-0.1, -0.05) is 70.0 Å². The number of pyridine rings is 1. The molecule has 0 aliphatic carbocycles. The van der Waals surface area contributed by atoms with Crippen molar-refractivity contribution in [1.82, 2.24) is 9.99 Å². The zero-order chi connectivity index (χ0) is 27.1. The number of fused-ring (bicyclic) bond motifs is 1. The Kier molecular flexibility index (Phi) is 6.62. The van der Waals surface area contributed by atoms with E-state index in [4.69, 9.17) is 16.7 Å². The number of H-pyrrole nitrogens is 1. The molecule has 1 N–H and O–H groups in total. The van der Waals surface area contributed by atoms with Crippen LogP contribution in [0.25, 0.3) is 22.0 Å². The van der Waals surface area contributed by atoms with E-state index in [1.165, 1.54) is 29.3 Å². The highest BCUT2D eigenvalue weighted by Gasteiger charge is 2.36. The highest BCUT2D eigenvalue weighted by atomic mass is 79.9. The van der Waals surface area contributed by atoms with E-state index >= 15 is 0 Å². The van der Waals surface area contributed by atoms with Gasteiger partial charge in [-0.25, -0.2) is 9.40 Å². The van der Waals surface area contributed by atoms with E-state index in [9.17, 15) is 14.0 Å². The van der Waals surface area contributed by atoms with E-state index in [1.807, 2.05) is 60.7 Å². The molecule has 0 radical (unpaired) electrons. The zero-order valence-corrected chi connectivity index (χ0v) is 22.7. The Morgan fingerprint density at radius 1 is 0.949 bits per heavy atom. The summed E-state index contributed by atoms with van der Waals surface area (Å²) in [6.45, 7) is 0. The summed E-state index contributed by atoms with van der Waals surface area (Å²) in [4.78, 5) is 30.3. The van der Waals surface area contributed by atoms with Crippen LogP contribution in [0.1, 0.15) is 33.9 Å². The molecule has 2 heterocycles. The lowest BCUT2D eigenvalue weighted by Crippen LogP contribution is -2.27. The van der Waals surface area contributed by atoms with E-state index in [0.29, 0.717) is 39.4 Å². The quantitative estimate of drug-likeness (QED) is 0.229. The first-order chi connectivity index (χ1) is 18.9. The summed E-state index contributed by atoms with van der Waals surface area (Å²) in [5.74, 6) is -0.824. The number of hydrogen-bond acceptors (Lipinski definition) is 3. The third-order valence-electron chi connectivity index (χ3n) is 6.79. The number of nitrogens with one attached hydrogen (secondary N) is 1. The third-order valence-corrected chi connectivity index (χ3v) is 7.56. The van der Waals surface area contributed by atoms with Crippen molar-refractivity contribution < 1.29 is 9.18 Å². The predicted octanol–water partition coefficient (Wildman–Crippen LogP) is 7.74. The lowest BCUT2D eigenvalue weighted by Gasteiger charge is -2.22. The van der Waals surface area contributed by atoms with Gasteiger partial charge in [-0.15, -0.1) is 0 Å². The smallest absolute Gasteiger partial charge is 0.274 e. The molecule has 0 bridgehead atoms. The van der Waals surface area contributed by atoms with Crippen molar-refractivity contribution in [2.24, 2.45) is 5.10 Å². The number of carbonyl (C=O) groups excluding carboxylic acids is 1. The summed E-state index contributed by atoms with van der Waals surface area (Å²) in [5.41, 5.74) is 3.87. The molecule has 192 valence electrons. The SMILES string of the molecule is O=C(c1ccc(F)cc1)N1N=C(c2c(-c3ccccc3)c3cc(Cl)ccc3[nH]c2=O)CC1c1ccc(Br)cc1. The largest absolute Gasteiger partial charge is 0.321 e. The van der Waals surface area contributed by atoms with Gasteiger partial charge in [-0.05, 0) is 65.7 Å². The van der Waals surface area contributed by atoms with Crippen molar-refractivity contribution in [3.05, 3.63) is 139 Å². The number of hydrogen-bond donors (Lipinski definition) is 1. The van der Waals surface area contributed by atoms with E-state index in [2.05, 4.69) is 20.9 Å². The van der Waals surface area contributed by atoms with Crippen molar-refractivity contribution in [3.8, 4) is 11.1 Å². The Hall–Kier alpha value is -4.07. The fourth-order valence-electron chi connectivity index (χ4n) is 4.96. The van der Waals surface area contributed by atoms with Crippen molar-refractivity contribution >= 4 is 50.1 Å². The van der Waals surface area contributed by atoms with Crippen LogP contribution >= 0.6 is 27.5 Å². The molecule has 1 aliphatic heterocycles. The van der Waals surface area contributed by atoms with Crippen LogP contribution in [0.15, 0.2) is 111 Å². The molecule has 8 heteroatoms. The third kappa shape index (κ3) is 4.80. The van der Waals surface area contributed by atoms with Crippen LogP contribution in [-0.2, 0) is 0 Å². The average Bonchev–Trinajstić information content (AvgIpc) is 3.38. The van der Waals surface area contributed by atoms with Crippen LogP contribution in [-0.4, -0.2) is 21.6 Å². The molecular weight excluding hydrogens is 581 g/mol. The highest BCUT2D eigenvalue weighted by molar-refractivity contribution is 9.10. The second kappa shape index (κ2) is 10.2. The topological polar surface area (TPSA) is 65.5 Å². The normalized spacial score (nSPS) is 15.0. The maximum atomic E-state index is 13.7. The predicted molar refractivity (Wildman–Crippen MR) is 156 cm³/mol. The molecule has 39 heavy (non-hydrogen) atoms. The Morgan fingerprint density at radius 2 is 1.67 bits per heavy atom. The monoisotopic (exact) mass is 599 g/mol. The fraction of sp³-hybridized carbons (Fsp3) is 0.0645. The van der Waals surface area contributed by atoms with Gasteiger partial charge in [0.1, 0.15) is 5.82 Å². The molecule has 1 amide bonds. The Balaban J connectivity index is 1.56. The van der Waals surface area contributed by atoms with Crippen LogP contribution in [0.2, 0.25) is 5.02 Å². The van der Waals surface area contributed by atoms with E-state index < -0.39 is 11.9 Å². The number of rotatable bonds is 4. The molecule has 0 fully saturated rings. The van der Waals surface area contributed by atoms with Gasteiger partial charge in [0.2, 0.25) is 0 Å². The van der Waals surface area contributed by atoms with Crippen molar-refractivity contribution in [2.75, 3.05) is 0 Å². The van der Waals surface area contributed by atoms with Crippen LogP contribution < -0.4 is 5.56 Å². The number of amides is 1. The number of halogens is 3. The summed E-state index contributed by atoms with van der Waals surface area (Å²) in [7, 11) is 0. The summed E-state index contributed by atoms with van der Waals surface area (Å²) < 4.78 is 14.5. The molecule has 1 aliphatic rings. The molecular formula is C31H20BrClFN3O2. The summed E-state index contributed by atoms with van der Waals surface area (Å²) in [6.07, 6.45) is 0.309. The zero-order valence-electron chi connectivity index (χ0n) is 20.4. The summed E-state index contributed by atoms with van der Waals surface area (Å²) in [5, 5.41) is 7.45. The minimum atomic E-state index is -0.469.